The normalized spacial score (nSPS) is 10.6. The molecule has 4 N–H and O–H groups in total. The van der Waals surface area contributed by atoms with E-state index >= 15 is 0 Å². The molecule has 0 spiro atoms. The van der Waals surface area contributed by atoms with Crippen molar-refractivity contribution < 1.29 is 9.21 Å². The van der Waals surface area contributed by atoms with Gasteiger partial charge in [-0.15, -0.1) is 0 Å². The molecule has 0 saturated heterocycles. The predicted molar refractivity (Wildman–Crippen MR) is 96.7 cm³/mol. The second-order valence-corrected chi connectivity index (χ2v) is 6.30. The molecule has 0 aliphatic carbocycles. The number of anilines is 2. The lowest BCUT2D eigenvalue weighted by Gasteiger charge is -2.07. The van der Waals surface area contributed by atoms with Gasteiger partial charge in [-0.3, -0.25) is 14.6 Å². The molecule has 3 aromatic rings. The van der Waals surface area contributed by atoms with Crippen LogP contribution in [0.5, 0.6) is 0 Å². The molecule has 128 valence electrons. The number of aromatic nitrogens is 2. The highest BCUT2D eigenvalue weighted by atomic mass is 32.2. The number of aryl methyl sites for hydroxylation is 1. The van der Waals surface area contributed by atoms with Crippen molar-refractivity contribution in [3.05, 3.63) is 69.9 Å². The minimum absolute atomic E-state index is 0.0459. The van der Waals surface area contributed by atoms with Gasteiger partial charge in [-0.1, -0.05) is 41.6 Å². The molecule has 0 bridgehead atoms. The van der Waals surface area contributed by atoms with Gasteiger partial charge in [-0.25, -0.2) is 4.98 Å². The third-order valence-corrected chi connectivity index (χ3v) is 4.31. The third kappa shape index (κ3) is 4.10. The van der Waals surface area contributed by atoms with E-state index in [2.05, 4.69) is 21.4 Å². The van der Waals surface area contributed by atoms with E-state index < -0.39 is 11.5 Å². The first-order valence-electron chi connectivity index (χ1n) is 7.46. The molecule has 8 heteroatoms. The van der Waals surface area contributed by atoms with Gasteiger partial charge in [-0.2, -0.15) is 0 Å². The van der Waals surface area contributed by atoms with Gasteiger partial charge in [0.15, 0.2) is 22.4 Å². The second kappa shape index (κ2) is 7.27. The Morgan fingerprint density at radius 1 is 1.36 bits per heavy atom. The number of hydrogen-bond donors (Lipinski definition) is 3. The number of nitrogens with zero attached hydrogens (tertiary/aromatic N) is 1. The van der Waals surface area contributed by atoms with E-state index in [-0.39, 0.29) is 17.3 Å². The van der Waals surface area contributed by atoms with E-state index in [9.17, 15) is 9.59 Å². The highest BCUT2D eigenvalue weighted by Gasteiger charge is 2.15. The van der Waals surface area contributed by atoms with E-state index in [0.717, 1.165) is 11.1 Å². The fourth-order valence-electron chi connectivity index (χ4n) is 2.19. The molecule has 3 rings (SSSR count). The van der Waals surface area contributed by atoms with Crippen LogP contribution in [0.3, 0.4) is 0 Å². The Hall–Kier alpha value is -3.00. The minimum atomic E-state index is -0.566. The van der Waals surface area contributed by atoms with Crippen LogP contribution >= 0.6 is 11.8 Å². The number of nitrogen functional groups attached to an aromatic ring is 1. The Morgan fingerprint density at radius 2 is 2.20 bits per heavy atom. The topological polar surface area (TPSA) is 114 Å². The maximum Gasteiger partial charge on any atom is 0.291 e. The molecule has 0 fully saturated rings. The molecule has 1 amide bonds. The summed E-state index contributed by atoms with van der Waals surface area (Å²) in [5.74, 6) is 0.110. The van der Waals surface area contributed by atoms with Gasteiger partial charge in [0, 0.05) is 5.75 Å². The SMILES string of the molecule is Cc1cccc(CSc2nc(N)c(NC(=O)c3ccco3)c(=O)[nH]2)c1. The third-order valence-electron chi connectivity index (χ3n) is 3.37. The molecule has 0 radical (unpaired) electrons. The van der Waals surface area contributed by atoms with Crippen molar-refractivity contribution in [2.75, 3.05) is 11.1 Å². The van der Waals surface area contributed by atoms with E-state index in [4.69, 9.17) is 10.2 Å². The number of amides is 1. The van der Waals surface area contributed by atoms with Crippen molar-refractivity contribution in [2.45, 2.75) is 17.8 Å². The smallest absolute Gasteiger partial charge is 0.291 e. The van der Waals surface area contributed by atoms with E-state index in [0.29, 0.717) is 10.9 Å². The Bertz CT molecular complexity index is 951. The molecule has 0 unspecified atom stereocenters. The fraction of sp³-hybridized carbons (Fsp3) is 0.118. The number of carbonyl (C=O) groups excluding carboxylic acids is 1. The maximum absolute atomic E-state index is 12.2. The molecule has 25 heavy (non-hydrogen) atoms. The van der Waals surface area contributed by atoms with Crippen molar-refractivity contribution in [1.29, 1.82) is 0 Å². The van der Waals surface area contributed by atoms with Crippen molar-refractivity contribution in [2.24, 2.45) is 0 Å². The van der Waals surface area contributed by atoms with Crippen LogP contribution < -0.4 is 16.6 Å². The van der Waals surface area contributed by atoms with Gasteiger partial charge < -0.3 is 15.5 Å². The van der Waals surface area contributed by atoms with Gasteiger partial charge in [-0.05, 0) is 24.6 Å². The molecule has 0 aliphatic heterocycles. The van der Waals surface area contributed by atoms with Gasteiger partial charge in [0.25, 0.3) is 11.5 Å². The molecule has 2 heterocycles. The first-order chi connectivity index (χ1) is 12.0. The van der Waals surface area contributed by atoms with Gasteiger partial charge in [0.1, 0.15) is 0 Å². The zero-order chi connectivity index (χ0) is 17.8. The van der Waals surface area contributed by atoms with Crippen LogP contribution in [0.15, 0.2) is 57.0 Å². The number of furan rings is 1. The number of nitrogens with two attached hydrogens (primary N) is 1. The average Bonchev–Trinajstić information content (AvgIpc) is 3.11. The van der Waals surface area contributed by atoms with Crippen LogP contribution in [-0.4, -0.2) is 15.9 Å². The monoisotopic (exact) mass is 356 g/mol. The van der Waals surface area contributed by atoms with Crippen molar-refractivity contribution in [3.63, 3.8) is 0 Å². The Morgan fingerprint density at radius 3 is 2.88 bits per heavy atom. The van der Waals surface area contributed by atoms with E-state index in [1.54, 1.807) is 6.07 Å². The zero-order valence-corrected chi connectivity index (χ0v) is 14.2. The number of carbonyl (C=O) groups is 1. The standard InChI is InChI=1S/C17H16N4O3S/c1-10-4-2-5-11(8-10)9-25-17-20-14(18)13(16(23)21-17)19-15(22)12-6-3-7-24-12/h2-8H,9H2,1H3,(H,19,22)(H3,18,20,21,23). The summed E-state index contributed by atoms with van der Waals surface area (Å²) in [5.41, 5.74) is 7.49. The highest BCUT2D eigenvalue weighted by molar-refractivity contribution is 7.98. The number of nitrogens with one attached hydrogen (secondary N) is 2. The fourth-order valence-corrected chi connectivity index (χ4v) is 3.01. The summed E-state index contributed by atoms with van der Waals surface area (Å²) in [7, 11) is 0. The molecule has 2 aromatic heterocycles. The second-order valence-electron chi connectivity index (χ2n) is 5.34. The molecule has 0 atom stereocenters. The summed E-state index contributed by atoms with van der Waals surface area (Å²) in [5, 5.41) is 2.81. The Labute approximate surface area is 147 Å². The number of rotatable bonds is 5. The summed E-state index contributed by atoms with van der Waals surface area (Å²) in [6, 6.07) is 11.1. The zero-order valence-electron chi connectivity index (χ0n) is 13.4. The summed E-state index contributed by atoms with van der Waals surface area (Å²) >= 11 is 1.36. The maximum atomic E-state index is 12.2. The lowest BCUT2D eigenvalue weighted by molar-refractivity contribution is 0.0996. The molecule has 1 aromatic carbocycles. The van der Waals surface area contributed by atoms with Crippen molar-refractivity contribution >= 4 is 29.2 Å². The minimum Gasteiger partial charge on any atom is -0.459 e. The lowest BCUT2D eigenvalue weighted by Crippen LogP contribution is -2.22. The van der Waals surface area contributed by atoms with Crippen LogP contribution in [0, 0.1) is 6.92 Å². The number of thioether (sulfide) groups is 1. The van der Waals surface area contributed by atoms with Crippen LogP contribution in [0.25, 0.3) is 0 Å². The van der Waals surface area contributed by atoms with E-state index in [1.807, 2.05) is 25.1 Å². The van der Waals surface area contributed by atoms with Crippen molar-refractivity contribution in [3.8, 4) is 0 Å². The Kier molecular flexibility index (Phi) is 4.90. The lowest BCUT2D eigenvalue weighted by atomic mass is 10.2. The Balaban J connectivity index is 1.73. The van der Waals surface area contributed by atoms with E-state index in [1.165, 1.54) is 24.1 Å². The van der Waals surface area contributed by atoms with Gasteiger partial charge >= 0.3 is 0 Å². The summed E-state index contributed by atoms with van der Waals surface area (Å²) in [6.45, 7) is 2.02. The number of hydrogen-bond acceptors (Lipinski definition) is 6. The first kappa shape index (κ1) is 16.8. The highest BCUT2D eigenvalue weighted by Crippen LogP contribution is 2.21. The van der Waals surface area contributed by atoms with Crippen LogP contribution in [0.1, 0.15) is 21.7 Å². The summed E-state index contributed by atoms with van der Waals surface area (Å²) in [6.07, 6.45) is 1.37. The largest absolute Gasteiger partial charge is 0.459 e. The van der Waals surface area contributed by atoms with Gasteiger partial charge in [0.2, 0.25) is 0 Å². The summed E-state index contributed by atoms with van der Waals surface area (Å²) in [4.78, 5) is 30.9. The average molecular weight is 356 g/mol. The number of H-pyrrole nitrogens is 1. The molecular formula is C17H16N4O3S. The van der Waals surface area contributed by atoms with Crippen molar-refractivity contribution in [1.82, 2.24) is 9.97 Å². The van der Waals surface area contributed by atoms with Crippen LogP contribution in [-0.2, 0) is 5.75 Å². The molecule has 0 saturated carbocycles. The molecule has 0 aliphatic rings. The summed E-state index contributed by atoms with van der Waals surface area (Å²) < 4.78 is 4.98. The molecule has 7 nitrogen and oxygen atoms in total. The molecular weight excluding hydrogens is 340 g/mol. The van der Waals surface area contributed by atoms with Crippen LogP contribution in [0.4, 0.5) is 11.5 Å². The number of benzene rings is 1. The predicted octanol–water partition coefficient (Wildman–Crippen LogP) is 2.80. The van der Waals surface area contributed by atoms with Gasteiger partial charge in [0.05, 0.1) is 6.26 Å². The van der Waals surface area contributed by atoms with Crippen LogP contribution in [0.2, 0.25) is 0 Å². The quantitative estimate of drug-likeness (QED) is 0.478. The number of aromatic amines is 1. The first-order valence-corrected chi connectivity index (χ1v) is 8.44.